The second-order valence-electron chi connectivity index (χ2n) is 3.17. The minimum absolute atomic E-state index is 0.0757. The van der Waals surface area contributed by atoms with E-state index in [0.29, 0.717) is 10.4 Å². The number of rotatable bonds is 4. The van der Waals surface area contributed by atoms with Crippen LogP contribution in [-0.4, -0.2) is 22.1 Å². The molecule has 2 N–H and O–H groups in total. The number of carbonyl (C=O) groups is 1. The molecule has 0 saturated carbocycles. The van der Waals surface area contributed by atoms with E-state index in [4.69, 9.17) is 5.26 Å². The first-order chi connectivity index (χ1) is 7.06. The zero-order chi connectivity index (χ0) is 11.4. The molecule has 15 heavy (non-hydrogen) atoms. The van der Waals surface area contributed by atoms with Crippen LogP contribution in [0.25, 0.3) is 0 Å². The molecular formula is C10H11NO3S. The molecule has 0 aliphatic carbocycles. The highest BCUT2D eigenvalue weighted by Gasteiger charge is 2.19. The average molecular weight is 225 g/mol. The fourth-order valence-electron chi connectivity index (χ4n) is 1.12. The van der Waals surface area contributed by atoms with Gasteiger partial charge in [0.15, 0.2) is 5.78 Å². The summed E-state index contributed by atoms with van der Waals surface area (Å²) < 4.78 is 0. The molecule has 5 heteroatoms. The Bertz CT molecular complexity index is 394. The molecule has 1 rings (SSSR count). The third-order valence-electron chi connectivity index (χ3n) is 1.97. The van der Waals surface area contributed by atoms with Crippen molar-refractivity contribution in [1.82, 2.24) is 0 Å². The van der Waals surface area contributed by atoms with Crippen molar-refractivity contribution in [3.05, 3.63) is 21.9 Å². The van der Waals surface area contributed by atoms with Gasteiger partial charge in [-0.1, -0.05) is 0 Å². The van der Waals surface area contributed by atoms with Crippen LogP contribution in [-0.2, 0) is 0 Å². The Morgan fingerprint density at radius 2 is 2.33 bits per heavy atom. The fourth-order valence-corrected chi connectivity index (χ4v) is 1.96. The van der Waals surface area contributed by atoms with Crippen molar-refractivity contribution >= 4 is 17.1 Å². The number of carbonyl (C=O) groups excluding carboxylic acids is 1. The van der Waals surface area contributed by atoms with Crippen LogP contribution in [0, 0.1) is 11.3 Å². The number of aliphatic hydroxyl groups excluding tert-OH is 2. The monoisotopic (exact) mass is 225 g/mol. The second kappa shape index (κ2) is 5.03. The van der Waals surface area contributed by atoms with Crippen LogP contribution >= 0.6 is 11.3 Å². The van der Waals surface area contributed by atoms with Gasteiger partial charge in [0.2, 0.25) is 0 Å². The number of nitriles is 1. The highest BCUT2D eigenvalue weighted by atomic mass is 32.1. The molecule has 1 heterocycles. The molecule has 1 aromatic heterocycles. The smallest absolute Gasteiger partial charge is 0.169 e. The van der Waals surface area contributed by atoms with Gasteiger partial charge in [0.05, 0.1) is 23.5 Å². The molecule has 80 valence electrons. The third-order valence-corrected chi connectivity index (χ3v) is 3.02. The average Bonchev–Trinajstić information content (AvgIpc) is 2.65. The lowest BCUT2D eigenvalue weighted by molar-refractivity contribution is 0.0219. The lowest BCUT2D eigenvalue weighted by Gasteiger charge is -2.13. The molecule has 0 spiro atoms. The van der Waals surface area contributed by atoms with Gasteiger partial charge in [-0.15, -0.1) is 11.3 Å². The Hall–Kier alpha value is -1.22. The Morgan fingerprint density at radius 3 is 2.80 bits per heavy atom. The van der Waals surface area contributed by atoms with Crippen LogP contribution < -0.4 is 0 Å². The van der Waals surface area contributed by atoms with Crippen LogP contribution in [0.15, 0.2) is 11.4 Å². The van der Waals surface area contributed by atoms with Gasteiger partial charge in [-0.2, -0.15) is 5.26 Å². The highest BCUT2D eigenvalue weighted by Crippen LogP contribution is 2.24. The normalized spacial score (nSPS) is 14.3. The van der Waals surface area contributed by atoms with E-state index in [-0.39, 0.29) is 12.2 Å². The molecule has 0 fully saturated rings. The first kappa shape index (κ1) is 11.9. The van der Waals surface area contributed by atoms with Crippen LogP contribution in [0.1, 0.15) is 34.7 Å². The number of ketones is 1. The van der Waals surface area contributed by atoms with Crippen molar-refractivity contribution < 1.29 is 15.0 Å². The molecule has 0 saturated heterocycles. The van der Waals surface area contributed by atoms with Gasteiger partial charge in [0.25, 0.3) is 0 Å². The molecule has 0 aliphatic heterocycles. The van der Waals surface area contributed by atoms with Crippen LogP contribution in [0.4, 0.5) is 0 Å². The van der Waals surface area contributed by atoms with E-state index < -0.39 is 12.2 Å². The summed E-state index contributed by atoms with van der Waals surface area (Å²) in [6.45, 7) is 1.44. The van der Waals surface area contributed by atoms with E-state index in [1.807, 2.05) is 0 Å². The lowest BCUT2D eigenvalue weighted by Crippen LogP contribution is -2.16. The molecule has 1 aromatic rings. The second-order valence-corrected chi connectivity index (χ2v) is 4.09. The largest absolute Gasteiger partial charge is 0.389 e. The standard InChI is InChI=1S/C10H11NO3S/c1-6(12)9-4-7(5-15-9)10(14)8(13)2-3-11/h4-5,8,10,13-14H,2H2,1H3. The van der Waals surface area contributed by atoms with Gasteiger partial charge in [0.1, 0.15) is 6.10 Å². The summed E-state index contributed by atoms with van der Waals surface area (Å²) >= 11 is 1.22. The molecule has 2 atom stereocenters. The first-order valence-corrected chi connectivity index (χ1v) is 5.26. The van der Waals surface area contributed by atoms with Crippen molar-refractivity contribution in [3.8, 4) is 6.07 Å². The Morgan fingerprint density at radius 1 is 1.67 bits per heavy atom. The van der Waals surface area contributed by atoms with Gasteiger partial charge < -0.3 is 10.2 Å². The Labute approximate surface area is 91.4 Å². The van der Waals surface area contributed by atoms with E-state index >= 15 is 0 Å². The third kappa shape index (κ3) is 2.86. The van der Waals surface area contributed by atoms with Gasteiger partial charge >= 0.3 is 0 Å². The van der Waals surface area contributed by atoms with E-state index in [2.05, 4.69) is 0 Å². The fraction of sp³-hybridized carbons (Fsp3) is 0.400. The number of hydrogen-bond acceptors (Lipinski definition) is 5. The molecule has 0 radical (unpaired) electrons. The molecule has 0 bridgehead atoms. The minimum Gasteiger partial charge on any atom is -0.389 e. The number of nitrogens with zero attached hydrogens (tertiary/aromatic N) is 1. The van der Waals surface area contributed by atoms with Gasteiger partial charge in [0, 0.05) is 0 Å². The van der Waals surface area contributed by atoms with Gasteiger partial charge in [-0.05, 0) is 23.9 Å². The minimum atomic E-state index is -1.11. The zero-order valence-electron chi connectivity index (χ0n) is 8.17. The van der Waals surface area contributed by atoms with Crippen molar-refractivity contribution in [1.29, 1.82) is 5.26 Å². The summed E-state index contributed by atoms with van der Waals surface area (Å²) in [4.78, 5) is 11.5. The highest BCUT2D eigenvalue weighted by molar-refractivity contribution is 7.12. The summed E-state index contributed by atoms with van der Waals surface area (Å²) in [7, 11) is 0. The van der Waals surface area contributed by atoms with E-state index in [9.17, 15) is 15.0 Å². The Kier molecular flexibility index (Phi) is 3.97. The van der Waals surface area contributed by atoms with Crippen LogP contribution in [0.5, 0.6) is 0 Å². The summed E-state index contributed by atoms with van der Waals surface area (Å²) in [5.74, 6) is -0.0757. The molecule has 4 nitrogen and oxygen atoms in total. The van der Waals surface area contributed by atoms with Crippen molar-refractivity contribution in [2.45, 2.75) is 25.6 Å². The molecule has 2 unspecified atom stereocenters. The summed E-state index contributed by atoms with van der Waals surface area (Å²) in [5.41, 5.74) is 0.480. The number of hydrogen-bond donors (Lipinski definition) is 2. The van der Waals surface area contributed by atoms with Gasteiger partial charge in [-0.25, -0.2) is 0 Å². The maximum Gasteiger partial charge on any atom is 0.169 e. The summed E-state index contributed by atoms with van der Waals surface area (Å²) in [6, 6.07) is 3.31. The van der Waals surface area contributed by atoms with Crippen LogP contribution in [0.3, 0.4) is 0 Å². The molecule has 0 aromatic carbocycles. The van der Waals surface area contributed by atoms with Crippen molar-refractivity contribution in [2.24, 2.45) is 0 Å². The SMILES string of the molecule is CC(=O)c1cc(C(O)C(O)CC#N)cs1. The number of aliphatic hydroxyl groups is 2. The summed E-state index contributed by atoms with van der Waals surface area (Å²) in [5, 5.41) is 28.9. The topological polar surface area (TPSA) is 81.3 Å². The quantitative estimate of drug-likeness (QED) is 0.756. The first-order valence-electron chi connectivity index (χ1n) is 4.38. The number of thiophene rings is 1. The maximum atomic E-state index is 11.0. The van der Waals surface area contributed by atoms with E-state index in [0.717, 1.165) is 0 Å². The number of Topliss-reactive ketones (excluding diaryl/α,β-unsaturated/α-hetero) is 1. The van der Waals surface area contributed by atoms with E-state index in [1.54, 1.807) is 11.4 Å². The predicted molar refractivity (Wildman–Crippen MR) is 55.5 cm³/mol. The molecule has 0 aliphatic rings. The van der Waals surface area contributed by atoms with Crippen LogP contribution in [0.2, 0.25) is 0 Å². The molecular weight excluding hydrogens is 214 g/mol. The maximum absolute atomic E-state index is 11.0. The Balaban J connectivity index is 2.78. The summed E-state index contributed by atoms with van der Waals surface area (Å²) in [6.07, 6.45) is -2.34. The zero-order valence-corrected chi connectivity index (χ0v) is 8.99. The molecule has 0 amide bonds. The van der Waals surface area contributed by atoms with Crippen molar-refractivity contribution in [2.75, 3.05) is 0 Å². The van der Waals surface area contributed by atoms with Crippen molar-refractivity contribution in [3.63, 3.8) is 0 Å². The van der Waals surface area contributed by atoms with E-state index in [1.165, 1.54) is 24.3 Å². The predicted octanol–water partition coefficient (Wildman–Crippen LogP) is 1.26. The van der Waals surface area contributed by atoms with Gasteiger partial charge in [-0.3, -0.25) is 4.79 Å². The lowest BCUT2D eigenvalue weighted by atomic mass is 10.1.